The van der Waals surface area contributed by atoms with Crippen molar-refractivity contribution in [1.82, 2.24) is 9.47 Å². The average molecular weight is 604 g/mol. The summed E-state index contributed by atoms with van der Waals surface area (Å²) in [6, 6.07) is 13.9. The molecule has 5 rings (SSSR count). The van der Waals surface area contributed by atoms with Gasteiger partial charge in [-0.2, -0.15) is 0 Å². The van der Waals surface area contributed by atoms with E-state index in [9.17, 15) is 14.7 Å². The smallest absolute Gasteiger partial charge is 0.252 e. The summed E-state index contributed by atoms with van der Waals surface area (Å²) in [5.74, 6) is -0.0499. The molecule has 43 heavy (non-hydrogen) atoms. The Hall–Kier alpha value is -4.51. The fourth-order valence-corrected chi connectivity index (χ4v) is 5.42. The Kier molecular flexibility index (Phi) is 9.20. The predicted molar refractivity (Wildman–Crippen MR) is 167 cm³/mol. The molecule has 1 fully saturated rings. The quantitative estimate of drug-likeness (QED) is 0.114. The van der Waals surface area contributed by atoms with Crippen LogP contribution in [0.25, 0.3) is 21.7 Å². The molecule has 1 amide bonds. The number of carbonyl (C=O) groups excluding carboxylic acids is 2. The van der Waals surface area contributed by atoms with Crippen molar-refractivity contribution >= 4 is 45.0 Å². The van der Waals surface area contributed by atoms with Gasteiger partial charge in [0.25, 0.3) is 5.91 Å². The van der Waals surface area contributed by atoms with Crippen molar-refractivity contribution in [2.45, 2.75) is 25.5 Å². The number of hydrogen-bond donors (Lipinski definition) is 4. The van der Waals surface area contributed by atoms with Gasteiger partial charge in [-0.1, -0.05) is 17.7 Å². The van der Waals surface area contributed by atoms with E-state index in [1.165, 1.54) is 6.20 Å². The van der Waals surface area contributed by atoms with Gasteiger partial charge in [-0.15, -0.1) is 0 Å². The second-order valence-electron chi connectivity index (χ2n) is 10.5. The molecule has 4 aromatic rings. The number of aliphatic hydroxyl groups is 1. The molecule has 7 N–H and O–H groups in total. The van der Waals surface area contributed by atoms with E-state index >= 15 is 0 Å². The summed E-state index contributed by atoms with van der Waals surface area (Å²) in [5.41, 5.74) is 18.4. The topological polar surface area (TPSA) is 159 Å². The van der Waals surface area contributed by atoms with Crippen molar-refractivity contribution in [2.75, 3.05) is 26.2 Å². The lowest BCUT2D eigenvalue weighted by Gasteiger charge is -2.29. The summed E-state index contributed by atoms with van der Waals surface area (Å²) in [5, 5.41) is 12.6. The number of nitrogens with two attached hydrogens (primary N) is 3. The highest BCUT2D eigenvalue weighted by Gasteiger charge is 2.21. The van der Waals surface area contributed by atoms with Crippen molar-refractivity contribution in [3.63, 3.8) is 0 Å². The number of ether oxygens (including phenoxy) is 2. The SMILES string of the molecule is N/C=C\C=C(/N)Oc1ccc2c(C(=O)COc3cc4ccc(Cl)cc4cc3C(N)=O)cn(CCN3CCC(O)CC3)c2c1. The first kappa shape index (κ1) is 30.0. The number of benzene rings is 3. The highest BCUT2D eigenvalue weighted by molar-refractivity contribution is 6.31. The van der Waals surface area contributed by atoms with Gasteiger partial charge in [0, 0.05) is 54.4 Å². The number of aliphatic hydroxyl groups excluding tert-OH is 1. The maximum absolute atomic E-state index is 13.6. The van der Waals surface area contributed by atoms with Gasteiger partial charge in [-0.3, -0.25) is 9.59 Å². The fourth-order valence-electron chi connectivity index (χ4n) is 5.24. The minimum absolute atomic E-state index is 0.161. The van der Waals surface area contributed by atoms with Gasteiger partial charge < -0.3 is 41.2 Å². The van der Waals surface area contributed by atoms with E-state index in [2.05, 4.69) is 4.90 Å². The number of Topliss-reactive ketones (excluding diaryl/α,β-unsaturated/α-hetero) is 1. The molecule has 0 spiro atoms. The second-order valence-corrected chi connectivity index (χ2v) is 10.9. The summed E-state index contributed by atoms with van der Waals surface area (Å²) in [4.78, 5) is 28.1. The van der Waals surface area contributed by atoms with Crippen LogP contribution in [0.2, 0.25) is 5.02 Å². The number of piperidine rings is 1. The number of nitrogens with zero attached hydrogens (tertiary/aromatic N) is 2. The van der Waals surface area contributed by atoms with E-state index in [1.807, 2.05) is 29.0 Å². The number of fused-ring (bicyclic) bond motifs is 2. The lowest BCUT2D eigenvalue weighted by atomic mass is 10.1. The zero-order valence-corrected chi connectivity index (χ0v) is 24.3. The Balaban J connectivity index is 1.42. The predicted octanol–water partition coefficient (Wildman–Crippen LogP) is 3.92. The Morgan fingerprint density at radius 2 is 1.79 bits per heavy atom. The number of amides is 1. The first-order valence-electron chi connectivity index (χ1n) is 14.0. The van der Waals surface area contributed by atoms with E-state index < -0.39 is 5.91 Å². The summed E-state index contributed by atoms with van der Waals surface area (Å²) in [6.07, 6.45) is 7.50. The highest BCUT2D eigenvalue weighted by atomic mass is 35.5. The van der Waals surface area contributed by atoms with Crippen LogP contribution in [0.15, 0.2) is 79.0 Å². The lowest BCUT2D eigenvalue weighted by Crippen LogP contribution is -2.37. The standard InChI is InChI=1S/C32H34ClN5O5/c33-22-4-3-20-16-30(26(32(36)41)15-21(20)14-22)42-19-29(40)27-18-38(13-12-37-10-7-23(39)8-11-37)28-17-24(5-6-25(27)28)43-31(35)2-1-9-34/h1-6,9,14-18,23,39H,7-8,10-13,19,34-35H2,(H2,36,41)/b9-1-,31-2+. The van der Waals surface area contributed by atoms with Crippen LogP contribution in [0, 0.1) is 0 Å². The van der Waals surface area contributed by atoms with Crippen LogP contribution in [0.5, 0.6) is 11.5 Å². The van der Waals surface area contributed by atoms with E-state index in [0.717, 1.165) is 54.2 Å². The van der Waals surface area contributed by atoms with Crippen molar-refractivity contribution in [3.8, 4) is 11.5 Å². The van der Waals surface area contributed by atoms with Crippen molar-refractivity contribution in [2.24, 2.45) is 17.2 Å². The number of aromatic nitrogens is 1. The first-order valence-corrected chi connectivity index (χ1v) is 14.3. The highest BCUT2D eigenvalue weighted by Crippen LogP contribution is 2.30. The monoisotopic (exact) mass is 603 g/mol. The lowest BCUT2D eigenvalue weighted by molar-refractivity contribution is 0.0811. The Bertz CT molecular complexity index is 1720. The van der Waals surface area contributed by atoms with Gasteiger partial charge >= 0.3 is 0 Å². The number of halogens is 1. The van der Waals surface area contributed by atoms with E-state index in [4.69, 9.17) is 38.3 Å². The van der Waals surface area contributed by atoms with Gasteiger partial charge in [-0.05, 0) is 78.4 Å². The maximum atomic E-state index is 13.6. The third-order valence-electron chi connectivity index (χ3n) is 7.50. The third-order valence-corrected chi connectivity index (χ3v) is 7.74. The first-order chi connectivity index (χ1) is 20.7. The summed E-state index contributed by atoms with van der Waals surface area (Å²) in [6.45, 7) is 2.68. The Labute approximate surface area is 253 Å². The van der Waals surface area contributed by atoms with E-state index in [0.29, 0.717) is 22.9 Å². The maximum Gasteiger partial charge on any atom is 0.252 e. The number of carbonyl (C=O) groups is 2. The van der Waals surface area contributed by atoms with Crippen molar-refractivity contribution in [1.29, 1.82) is 0 Å². The van der Waals surface area contributed by atoms with Crippen LogP contribution >= 0.6 is 11.6 Å². The number of ketones is 1. The normalized spacial score (nSPS) is 15.0. The number of allylic oxidation sites excluding steroid dienone is 2. The molecular formula is C32H34ClN5O5. The molecule has 0 bridgehead atoms. The molecule has 0 saturated carbocycles. The molecule has 3 aromatic carbocycles. The molecule has 0 aliphatic carbocycles. The third kappa shape index (κ3) is 7.11. The molecule has 11 heteroatoms. The van der Waals surface area contributed by atoms with Gasteiger partial charge in [0.1, 0.15) is 11.5 Å². The van der Waals surface area contributed by atoms with Crippen LogP contribution in [-0.4, -0.2) is 58.6 Å². The molecule has 1 aromatic heterocycles. The minimum atomic E-state index is -0.672. The van der Waals surface area contributed by atoms with Crippen molar-refractivity contribution in [3.05, 3.63) is 95.1 Å². The zero-order valence-electron chi connectivity index (χ0n) is 23.5. The number of rotatable bonds is 11. The van der Waals surface area contributed by atoms with Gasteiger partial charge in [0.2, 0.25) is 5.78 Å². The van der Waals surface area contributed by atoms with Crippen LogP contribution in [-0.2, 0) is 6.54 Å². The number of primary amides is 1. The second kappa shape index (κ2) is 13.2. The van der Waals surface area contributed by atoms with Crippen LogP contribution < -0.4 is 26.7 Å². The van der Waals surface area contributed by atoms with Gasteiger partial charge in [0.15, 0.2) is 12.5 Å². The van der Waals surface area contributed by atoms with E-state index in [1.54, 1.807) is 42.5 Å². The summed E-state index contributed by atoms with van der Waals surface area (Å²) >= 11 is 6.11. The van der Waals surface area contributed by atoms with Crippen molar-refractivity contribution < 1.29 is 24.2 Å². The molecule has 0 atom stereocenters. The molecule has 10 nitrogen and oxygen atoms in total. The van der Waals surface area contributed by atoms with Gasteiger partial charge in [0.05, 0.1) is 17.2 Å². The molecule has 0 radical (unpaired) electrons. The molecule has 0 unspecified atom stereocenters. The summed E-state index contributed by atoms with van der Waals surface area (Å²) < 4.78 is 13.7. The fraction of sp³-hybridized carbons (Fsp3) is 0.250. The Morgan fingerprint density at radius 1 is 1.00 bits per heavy atom. The zero-order chi connectivity index (χ0) is 30.5. The molecule has 1 aliphatic heterocycles. The molecule has 1 aliphatic rings. The van der Waals surface area contributed by atoms with Crippen LogP contribution in [0.3, 0.4) is 0 Å². The molecular weight excluding hydrogens is 570 g/mol. The molecule has 1 saturated heterocycles. The van der Waals surface area contributed by atoms with Crippen LogP contribution in [0.1, 0.15) is 33.6 Å². The van der Waals surface area contributed by atoms with E-state index in [-0.39, 0.29) is 35.7 Å². The van der Waals surface area contributed by atoms with Crippen LogP contribution in [0.4, 0.5) is 0 Å². The average Bonchev–Trinajstić information content (AvgIpc) is 3.35. The molecule has 2 heterocycles. The largest absolute Gasteiger partial charge is 0.485 e. The minimum Gasteiger partial charge on any atom is -0.485 e. The molecule has 224 valence electrons. The Morgan fingerprint density at radius 3 is 2.53 bits per heavy atom. The summed E-state index contributed by atoms with van der Waals surface area (Å²) in [7, 11) is 0. The number of likely N-dealkylation sites (tertiary alicyclic amines) is 1. The van der Waals surface area contributed by atoms with Gasteiger partial charge in [-0.25, -0.2) is 0 Å². The number of hydrogen-bond acceptors (Lipinski definition) is 8.